The van der Waals surface area contributed by atoms with Crippen LogP contribution in [0, 0.1) is 24.0 Å². The Morgan fingerprint density at radius 2 is 1.26 bits per heavy atom. The second-order valence-corrected chi connectivity index (χ2v) is 16.5. The van der Waals surface area contributed by atoms with Gasteiger partial charge in [0.25, 0.3) is 5.96 Å². The van der Waals surface area contributed by atoms with Gasteiger partial charge in [0.2, 0.25) is 23.6 Å². The lowest BCUT2D eigenvalue weighted by Crippen LogP contribution is -2.59. The van der Waals surface area contributed by atoms with Gasteiger partial charge in [0.15, 0.2) is 5.03 Å². The minimum atomic E-state index is -1.38. The van der Waals surface area contributed by atoms with Crippen molar-refractivity contribution in [1.29, 1.82) is 0 Å². The van der Waals surface area contributed by atoms with Gasteiger partial charge in [-0.2, -0.15) is 0 Å². The second-order valence-electron chi connectivity index (χ2n) is 16.5. The summed E-state index contributed by atoms with van der Waals surface area (Å²) < 4.78 is 10.7. The van der Waals surface area contributed by atoms with E-state index in [2.05, 4.69) is 31.6 Å². The van der Waals surface area contributed by atoms with Crippen LogP contribution in [0.4, 0.5) is 9.59 Å². The summed E-state index contributed by atoms with van der Waals surface area (Å²) in [7, 11) is 0. The number of carbonyl (C=O) groups is 6. The van der Waals surface area contributed by atoms with Gasteiger partial charge in [0, 0.05) is 25.9 Å². The van der Waals surface area contributed by atoms with Crippen LogP contribution in [0.25, 0.3) is 0 Å². The van der Waals surface area contributed by atoms with Crippen LogP contribution in [-0.4, -0.2) is 94.8 Å². The molecule has 0 saturated carbocycles. The van der Waals surface area contributed by atoms with Gasteiger partial charge in [-0.3, -0.25) is 19.2 Å². The van der Waals surface area contributed by atoms with Gasteiger partial charge in [-0.05, 0) is 107 Å². The first kappa shape index (κ1) is 52.9. The molecule has 21 nitrogen and oxygen atoms in total. The molecule has 0 spiro atoms. The first-order valence-electron chi connectivity index (χ1n) is 21.4. The molecule has 0 unspecified atom stereocenters. The topological polar surface area (TPSA) is 321 Å². The number of nitrogens with one attached hydrogen (secondary N) is 6. The number of alkyl carbamates (subject to hydrolysis) is 2. The number of hydrogen-bond acceptors (Lipinski definition) is 12. The van der Waals surface area contributed by atoms with Crippen LogP contribution in [0.15, 0.2) is 77.8 Å². The van der Waals surface area contributed by atoms with Gasteiger partial charge < -0.3 is 52.6 Å². The molecule has 0 aliphatic carbocycles. The monoisotopic (exact) mass is 918 g/mol. The van der Waals surface area contributed by atoms with E-state index in [0.29, 0.717) is 35.1 Å². The number of nitro groups is 1. The summed E-state index contributed by atoms with van der Waals surface area (Å²) >= 11 is 0. The Bertz CT molecular complexity index is 2130. The van der Waals surface area contributed by atoms with E-state index in [1.807, 2.05) is 30.3 Å². The summed E-state index contributed by atoms with van der Waals surface area (Å²) in [6.45, 7) is 8.59. The summed E-state index contributed by atoms with van der Waals surface area (Å²) in [5, 5.41) is 33.4. The number of hydrogen-bond donors (Lipinski definition) is 9. The van der Waals surface area contributed by atoms with Crippen molar-refractivity contribution in [3.8, 4) is 5.75 Å². The summed E-state index contributed by atoms with van der Waals surface area (Å²) in [5.74, 6) is -3.70. The Balaban J connectivity index is 1.83. The van der Waals surface area contributed by atoms with Crippen LogP contribution in [0.3, 0.4) is 0 Å². The number of rotatable bonds is 24. The molecular formula is C45H62N10O11. The second kappa shape index (κ2) is 26.4. The highest BCUT2D eigenvalue weighted by molar-refractivity contribution is 5.95. The number of aliphatic imine (C=N–C) groups is 1. The molecule has 0 bridgehead atoms. The summed E-state index contributed by atoms with van der Waals surface area (Å²) in [6.07, 6.45) is -0.842. The molecule has 0 saturated heterocycles. The Morgan fingerprint density at radius 1 is 0.727 bits per heavy atom. The van der Waals surface area contributed by atoms with E-state index >= 15 is 0 Å². The van der Waals surface area contributed by atoms with Crippen molar-refractivity contribution < 1.29 is 48.4 Å². The lowest BCUT2D eigenvalue weighted by atomic mass is 9.95. The molecule has 3 aromatic carbocycles. The first-order chi connectivity index (χ1) is 31.2. The van der Waals surface area contributed by atoms with Gasteiger partial charge in [-0.15, -0.1) is 0 Å². The fourth-order valence-electron chi connectivity index (χ4n) is 6.65. The maximum absolute atomic E-state index is 14.3. The molecule has 11 N–H and O–H groups in total. The molecule has 0 aromatic heterocycles. The summed E-state index contributed by atoms with van der Waals surface area (Å²) in [6, 6.07) is 15.7. The third-order valence-electron chi connectivity index (χ3n) is 9.85. The quantitative estimate of drug-likeness (QED) is 0.0205. The van der Waals surface area contributed by atoms with Crippen molar-refractivity contribution in [2.24, 2.45) is 16.5 Å². The molecule has 0 radical (unpaired) electrons. The van der Waals surface area contributed by atoms with E-state index < -0.39 is 76.6 Å². The highest BCUT2D eigenvalue weighted by Crippen LogP contribution is 2.23. The number of nitrogens with two attached hydrogens (primary N) is 2. The molecule has 4 atom stereocenters. The molecule has 21 heteroatoms. The lowest BCUT2D eigenvalue weighted by molar-refractivity contribution is -0.525. The molecule has 3 aromatic rings. The number of amides is 6. The van der Waals surface area contributed by atoms with Crippen molar-refractivity contribution in [3.63, 3.8) is 0 Å². The molecular weight excluding hydrogens is 857 g/mol. The molecule has 0 heterocycles. The van der Waals surface area contributed by atoms with E-state index in [0.717, 1.165) is 5.56 Å². The molecule has 66 heavy (non-hydrogen) atoms. The van der Waals surface area contributed by atoms with E-state index in [1.165, 1.54) is 12.1 Å². The zero-order valence-corrected chi connectivity index (χ0v) is 37.9. The zero-order valence-electron chi connectivity index (χ0n) is 37.9. The minimum Gasteiger partial charge on any atom is -0.508 e. The van der Waals surface area contributed by atoms with E-state index in [1.54, 1.807) is 70.4 Å². The Morgan fingerprint density at radius 3 is 1.83 bits per heavy atom. The number of nitrogens with zero attached hydrogens (tertiary/aromatic N) is 2. The standard InChI is InChI=1S/C45H62N10O11/c1-28-23-32(56)24-29(2)33(28)26-37(53-44(62)66-45(3,4)5)41(60)51-35(20-14-22-48-42(47)54-55(63)64)39(58)52-36(25-30-15-8-6-9-16-30)40(59)50-34(38(46)57)19-12-13-21-49-43(61)65-27-31-17-10-7-11-18-31/h6-11,15-18,23-24,34-37,56H,12-14,19-22,25-27H2,1-5H3,(H2,46,57)(H,49,61)(H,50,59)(H,51,60)(H,52,58)(H,53,62)(H3,47,48,54)/t34-,35+,36-,37-/m0/s1. The predicted octanol–water partition coefficient (Wildman–Crippen LogP) is 2.60. The smallest absolute Gasteiger partial charge is 0.408 e. The van der Waals surface area contributed by atoms with Gasteiger partial charge in [-0.25, -0.2) is 24.7 Å². The summed E-state index contributed by atoms with van der Waals surface area (Å²) in [4.78, 5) is 95.1. The highest BCUT2D eigenvalue weighted by atomic mass is 16.7. The Labute approximate surface area is 383 Å². The number of unbranched alkanes of at least 4 members (excludes halogenated alkanes) is 1. The lowest BCUT2D eigenvalue weighted by Gasteiger charge is -2.27. The van der Waals surface area contributed by atoms with Crippen molar-refractivity contribution in [2.45, 2.75) is 116 Å². The molecule has 0 aliphatic heterocycles. The van der Waals surface area contributed by atoms with E-state index in [4.69, 9.17) is 20.9 Å². The maximum atomic E-state index is 14.3. The highest BCUT2D eigenvalue weighted by Gasteiger charge is 2.32. The number of hydrazine groups is 1. The van der Waals surface area contributed by atoms with Crippen LogP contribution < -0.4 is 43.5 Å². The summed E-state index contributed by atoms with van der Waals surface area (Å²) in [5.41, 5.74) is 15.4. The number of benzene rings is 3. The average Bonchev–Trinajstić information content (AvgIpc) is 3.23. The van der Waals surface area contributed by atoms with Crippen molar-refractivity contribution in [2.75, 3.05) is 13.1 Å². The van der Waals surface area contributed by atoms with Crippen molar-refractivity contribution >= 4 is 41.8 Å². The average molecular weight is 919 g/mol. The Hall–Kier alpha value is -7.45. The predicted molar refractivity (Wildman–Crippen MR) is 244 cm³/mol. The normalized spacial score (nSPS) is 13.1. The zero-order chi connectivity index (χ0) is 48.8. The first-order valence-corrected chi connectivity index (χ1v) is 21.4. The SMILES string of the molecule is Cc1cc(O)cc(C)c1C[C@H](NC(=O)OC(C)(C)C)C(=O)N[C@H](CCCN=C(N)N[N+](=O)[O-])C(=O)N[C@@H](Cc1ccccc1)C(=O)N[C@@H](CCCCNC(=O)OCc1ccccc1)C(N)=O. The number of aryl methyl sites for hydroxylation is 2. The third-order valence-corrected chi connectivity index (χ3v) is 9.85. The molecule has 0 fully saturated rings. The fraction of sp³-hybridized carbons (Fsp3) is 0.444. The Kier molecular flexibility index (Phi) is 21.1. The van der Waals surface area contributed by atoms with Gasteiger partial charge >= 0.3 is 12.2 Å². The van der Waals surface area contributed by atoms with Crippen molar-refractivity contribution in [3.05, 3.63) is 111 Å². The minimum absolute atomic E-state index is 0.00536. The molecule has 0 aliphatic rings. The number of phenols is 1. The largest absolute Gasteiger partial charge is 0.508 e. The van der Waals surface area contributed by atoms with Crippen molar-refractivity contribution in [1.82, 2.24) is 32.0 Å². The van der Waals surface area contributed by atoms with E-state index in [-0.39, 0.29) is 57.6 Å². The van der Waals surface area contributed by atoms with Gasteiger partial charge in [0.1, 0.15) is 42.1 Å². The van der Waals surface area contributed by atoms with E-state index in [9.17, 15) is 44.0 Å². The number of phenolic OH excluding ortho intramolecular Hbond substituents is 1. The van der Waals surface area contributed by atoms with Crippen LogP contribution >= 0.6 is 0 Å². The number of carbonyl (C=O) groups excluding carboxylic acids is 6. The van der Waals surface area contributed by atoms with Gasteiger partial charge in [-0.1, -0.05) is 66.1 Å². The fourth-order valence-corrected chi connectivity index (χ4v) is 6.65. The third kappa shape index (κ3) is 19.9. The number of primary amides is 1. The van der Waals surface area contributed by atoms with Crippen LogP contribution in [0.2, 0.25) is 0 Å². The number of guanidine groups is 1. The number of aromatic hydroxyl groups is 1. The molecule has 3 rings (SSSR count). The maximum Gasteiger partial charge on any atom is 0.408 e. The van der Waals surface area contributed by atoms with Crippen LogP contribution in [0.5, 0.6) is 5.75 Å². The van der Waals surface area contributed by atoms with Gasteiger partial charge in [0.05, 0.1) is 0 Å². The van der Waals surface area contributed by atoms with Crippen LogP contribution in [-0.2, 0) is 48.1 Å². The van der Waals surface area contributed by atoms with Crippen LogP contribution in [0.1, 0.15) is 80.7 Å². The molecule has 6 amide bonds. The number of ether oxygens (including phenoxy) is 2. The molecule has 358 valence electrons.